The molecule has 44 heavy (non-hydrogen) atoms. The standard InChI is InChI=1S/C31H38N6O5S2/c1-31(2)13-20-26(21(38)14-31)25(17-11-22(40-3)27(42-5)23(12-17)41-4)19(15-32)28(33)37(20)29-35-36-30(44-29)43-16-24(39)34-18-9-7-6-8-10-18/h11-12,18,25H,6-10,13-14,16,33H2,1-5H3,(H,34,39). The number of rotatable bonds is 9. The highest BCUT2D eigenvalue weighted by molar-refractivity contribution is 8.01. The second-order valence-electron chi connectivity index (χ2n) is 12.0. The van der Waals surface area contributed by atoms with E-state index >= 15 is 0 Å². The maximum atomic E-state index is 13.9. The monoisotopic (exact) mass is 638 g/mol. The smallest absolute Gasteiger partial charge is 0.230 e. The van der Waals surface area contributed by atoms with Gasteiger partial charge < -0.3 is 25.3 Å². The van der Waals surface area contributed by atoms with Crippen molar-refractivity contribution in [2.45, 2.75) is 75.1 Å². The number of nitriles is 1. The van der Waals surface area contributed by atoms with Crippen LogP contribution in [0.15, 0.2) is 39.1 Å². The van der Waals surface area contributed by atoms with Crippen molar-refractivity contribution in [3.05, 3.63) is 40.4 Å². The van der Waals surface area contributed by atoms with Crippen molar-refractivity contribution in [1.82, 2.24) is 15.5 Å². The van der Waals surface area contributed by atoms with Crippen LogP contribution in [-0.4, -0.2) is 55.0 Å². The van der Waals surface area contributed by atoms with Gasteiger partial charge >= 0.3 is 0 Å². The molecule has 1 saturated carbocycles. The lowest BCUT2D eigenvalue weighted by Crippen LogP contribution is -2.42. The van der Waals surface area contributed by atoms with Crippen LogP contribution in [0.4, 0.5) is 5.13 Å². The Kier molecular flexibility index (Phi) is 9.41. The van der Waals surface area contributed by atoms with Gasteiger partial charge in [0.1, 0.15) is 5.82 Å². The van der Waals surface area contributed by atoms with Crippen LogP contribution in [0.2, 0.25) is 0 Å². The molecule has 11 nitrogen and oxygen atoms in total. The van der Waals surface area contributed by atoms with E-state index in [1.807, 2.05) is 13.8 Å². The van der Waals surface area contributed by atoms with Gasteiger partial charge in [-0.15, -0.1) is 10.2 Å². The number of benzene rings is 1. The first-order valence-electron chi connectivity index (χ1n) is 14.6. The van der Waals surface area contributed by atoms with Gasteiger partial charge in [-0.25, -0.2) is 0 Å². The molecule has 1 aromatic carbocycles. The molecule has 1 atom stereocenters. The van der Waals surface area contributed by atoms with Gasteiger partial charge in [-0.2, -0.15) is 5.26 Å². The summed E-state index contributed by atoms with van der Waals surface area (Å²) in [6.45, 7) is 4.07. The summed E-state index contributed by atoms with van der Waals surface area (Å²) in [7, 11) is 4.55. The van der Waals surface area contributed by atoms with Crippen LogP contribution in [0.3, 0.4) is 0 Å². The Bertz CT molecular complexity index is 1530. The van der Waals surface area contributed by atoms with E-state index < -0.39 is 5.92 Å². The molecule has 0 bridgehead atoms. The number of ketones is 1. The first-order valence-corrected chi connectivity index (χ1v) is 16.4. The highest BCUT2D eigenvalue weighted by Crippen LogP contribution is 2.52. The van der Waals surface area contributed by atoms with Gasteiger partial charge in [-0.3, -0.25) is 14.5 Å². The van der Waals surface area contributed by atoms with E-state index in [1.165, 1.54) is 50.8 Å². The normalized spacial score (nSPS) is 20.2. The fourth-order valence-corrected chi connectivity index (χ4v) is 8.02. The minimum absolute atomic E-state index is 0.0272. The van der Waals surface area contributed by atoms with Gasteiger partial charge in [-0.1, -0.05) is 56.2 Å². The largest absolute Gasteiger partial charge is 0.493 e. The fraction of sp³-hybridized carbons (Fsp3) is 0.516. The summed E-state index contributed by atoms with van der Waals surface area (Å²) < 4.78 is 17.3. The van der Waals surface area contributed by atoms with Gasteiger partial charge in [0.25, 0.3) is 0 Å². The molecule has 3 N–H and O–H groups in total. The molecule has 0 radical (unpaired) electrons. The van der Waals surface area contributed by atoms with Crippen LogP contribution < -0.4 is 30.2 Å². The molecule has 1 fully saturated rings. The number of nitrogens with two attached hydrogens (primary N) is 1. The number of hydrogen-bond acceptors (Lipinski definition) is 12. The zero-order valence-corrected chi connectivity index (χ0v) is 27.3. The first-order chi connectivity index (χ1) is 21.1. The molecule has 0 spiro atoms. The maximum Gasteiger partial charge on any atom is 0.230 e. The number of amides is 1. The minimum Gasteiger partial charge on any atom is -0.493 e. The van der Waals surface area contributed by atoms with Crippen molar-refractivity contribution in [3.8, 4) is 23.3 Å². The van der Waals surface area contributed by atoms with E-state index in [4.69, 9.17) is 19.9 Å². The second-order valence-corrected chi connectivity index (χ2v) is 14.2. The first kappa shape index (κ1) is 31.7. The van der Waals surface area contributed by atoms with E-state index in [2.05, 4.69) is 21.6 Å². The number of Topliss-reactive ketones (excluding diaryl/α,β-unsaturated/α-hetero) is 1. The lowest BCUT2D eigenvalue weighted by atomic mass is 9.68. The molecule has 2 aliphatic carbocycles. The predicted molar refractivity (Wildman–Crippen MR) is 169 cm³/mol. The van der Waals surface area contributed by atoms with Crippen LogP contribution in [-0.2, 0) is 9.59 Å². The molecular weight excluding hydrogens is 601 g/mol. The Morgan fingerprint density at radius 3 is 2.43 bits per heavy atom. The zero-order chi connectivity index (χ0) is 31.6. The Morgan fingerprint density at radius 1 is 1.14 bits per heavy atom. The Balaban J connectivity index is 1.52. The number of methoxy groups -OCH3 is 3. The molecule has 13 heteroatoms. The van der Waals surface area contributed by atoms with Crippen LogP contribution in [0.25, 0.3) is 0 Å². The number of nitrogens with zero attached hydrogens (tertiary/aromatic N) is 4. The molecule has 5 rings (SSSR count). The molecule has 1 unspecified atom stereocenters. The molecule has 3 aliphatic rings. The lowest BCUT2D eigenvalue weighted by Gasteiger charge is -2.42. The number of anilines is 1. The maximum absolute atomic E-state index is 13.9. The van der Waals surface area contributed by atoms with Crippen LogP contribution in [0.5, 0.6) is 17.2 Å². The van der Waals surface area contributed by atoms with Crippen molar-refractivity contribution in [1.29, 1.82) is 5.26 Å². The third-order valence-electron chi connectivity index (χ3n) is 8.29. The van der Waals surface area contributed by atoms with Crippen molar-refractivity contribution < 1.29 is 23.8 Å². The van der Waals surface area contributed by atoms with Crippen LogP contribution in [0, 0.1) is 16.7 Å². The predicted octanol–water partition coefficient (Wildman–Crippen LogP) is 5.05. The Morgan fingerprint density at radius 2 is 1.82 bits per heavy atom. The molecule has 2 heterocycles. The number of thioether (sulfide) groups is 1. The minimum atomic E-state index is -0.742. The quantitative estimate of drug-likeness (QED) is 0.355. The summed E-state index contributed by atoms with van der Waals surface area (Å²) in [5.74, 6) is 0.783. The second kappa shape index (κ2) is 13.1. The summed E-state index contributed by atoms with van der Waals surface area (Å²) in [6, 6.07) is 6.02. The van der Waals surface area contributed by atoms with E-state index in [0.29, 0.717) is 56.4 Å². The molecule has 0 saturated heterocycles. The topological polar surface area (TPSA) is 153 Å². The Labute approximate surface area is 265 Å². The van der Waals surface area contributed by atoms with Gasteiger partial charge in [0.05, 0.1) is 44.6 Å². The van der Waals surface area contributed by atoms with E-state index in [9.17, 15) is 14.9 Å². The van der Waals surface area contributed by atoms with Crippen molar-refractivity contribution in [2.24, 2.45) is 11.1 Å². The average molecular weight is 639 g/mol. The summed E-state index contributed by atoms with van der Waals surface area (Å²) in [4.78, 5) is 28.2. The third kappa shape index (κ3) is 6.23. The van der Waals surface area contributed by atoms with Crippen molar-refractivity contribution >= 4 is 39.9 Å². The van der Waals surface area contributed by atoms with Gasteiger partial charge in [0.2, 0.25) is 16.8 Å². The summed E-state index contributed by atoms with van der Waals surface area (Å²) in [5.41, 5.74) is 8.44. The molecule has 234 valence electrons. The van der Waals surface area contributed by atoms with Crippen molar-refractivity contribution in [2.75, 3.05) is 32.0 Å². The molecule has 1 aliphatic heterocycles. The number of nitrogens with one attached hydrogen (secondary N) is 1. The number of hydrogen-bond donors (Lipinski definition) is 2. The van der Waals surface area contributed by atoms with Gasteiger partial charge in [0, 0.05) is 23.7 Å². The highest BCUT2D eigenvalue weighted by atomic mass is 32.2. The molecule has 1 aromatic heterocycles. The SMILES string of the molecule is COc1cc(C2C(C#N)=C(N)N(c3nnc(SCC(=O)NC4CCCCC4)s3)C3=C2C(=O)CC(C)(C)C3)cc(OC)c1OC. The number of carbonyl (C=O) groups excluding carboxylic acids is 2. The zero-order valence-electron chi connectivity index (χ0n) is 25.7. The van der Waals surface area contributed by atoms with E-state index in [1.54, 1.807) is 17.0 Å². The number of carbonyl (C=O) groups is 2. The van der Waals surface area contributed by atoms with Gasteiger partial charge in [-0.05, 0) is 42.4 Å². The van der Waals surface area contributed by atoms with Crippen LogP contribution in [0.1, 0.15) is 70.3 Å². The molecule has 1 amide bonds. The van der Waals surface area contributed by atoms with Crippen LogP contribution >= 0.6 is 23.1 Å². The molecule has 2 aromatic rings. The third-order valence-corrected chi connectivity index (χ3v) is 10.3. The lowest BCUT2D eigenvalue weighted by molar-refractivity contribution is -0.119. The summed E-state index contributed by atoms with van der Waals surface area (Å²) in [6.07, 6.45) is 6.39. The molecular formula is C31H38N6O5S2. The van der Waals surface area contributed by atoms with Gasteiger partial charge in [0.15, 0.2) is 21.6 Å². The average Bonchev–Trinajstić information content (AvgIpc) is 3.47. The van der Waals surface area contributed by atoms with Crippen molar-refractivity contribution in [3.63, 3.8) is 0 Å². The van der Waals surface area contributed by atoms with E-state index in [0.717, 1.165) is 25.7 Å². The number of aromatic nitrogens is 2. The fourth-order valence-electron chi connectivity index (χ4n) is 6.32. The Hall–Kier alpha value is -3.76. The highest BCUT2D eigenvalue weighted by Gasteiger charge is 2.46. The number of ether oxygens (including phenoxy) is 3. The van der Waals surface area contributed by atoms with E-state index in [-0.39, 0.29) is 40.3 Å². The summed E-state index contributed by atoms with van der Waals surface area (Å²) in [5, 5.41) is 22.8. The summed E-state index contributed by atoms with van der Waals surface area (Å²) >= 11 is 2.59. The number of allylic oxidation sites excluding steroid dienone is 3.